The fraction of sp³-hybridized carbons (Fsp3) is 0.471. The molecule has 1 N–H and O–H groups in total. The van der Waals surface area contributed by atoms with Crippen molar-refractivity contribution in [1.29, 1.82) is 0 Å². The number of methoxy groups -OCH3 is 1. The summed E-state index contributed by atoms with van der Waals surface area (Å²) in [7, 11) is 1.44. The topological polar surface area (TPSA) is 65.1 Å². The molecule has 3 heterocycles. The summed E-state index contributed by atoms with van der Waals surface area (Å²) in [5.74, 6) is -0.0943. The maximum absolute atomic E-state index is 12.3. The molecule has 23 heavy (non-hydrogen) atoms. The lowest BCUT2D eigenvalue weighted by molar-refractivity contribution is -0.919. The lowest BCUT2D eigenvalue weighted by atomic mass is 9.97. The Balaban J connectivity index is 1.73. The third kappa shape index (κ3) is 3.27. The van der Waals surface area contributed by atoms with Crippen molar-refractivity contribution in [3.8, 4) is 0 Å². The summed E-state index contributed by atoms with van der Waals surface area (Å²) in [6.45, 7) is 4.41. The number of aryl methyl sites for hydroxylation is 1. The Morgan fingerprint density at radius 1 is 1.39 bits per heavy atom. The van der Waals surface area contributed by atoms with Gasteiger partial charge < -0.3 is 9.64 Å². The van der Waals surface area contributed by atoms with Crippen molar-refractivity contribution in [3.05, 3.63) is 46.0 Å². The highest BCUT2D eigenvalue weighted by Gasteiger charge is 2.28. The van der Waals surface area contributed by atoms with Gasteiger partial charge in [0.25, 0.3) is 5.56 Å². The Morgan fingerprint density at radius 2 is 2.13 bits per heavy atom. The molecule has 6 heteroatoms. The average Bonchev–Trinajstić information content (AvgIpc) is 2.54. The SMILES string of the molecule is COC(=O)C1CC[NH+](Cc2cc(=O)n3c(C)cccc3n2)CC1. The molecule has 6 nitrogen and oxygen atoms in total. The molecule has 1 fully saturated rings. The number of esters is 1. The van der Waals surface area contributed by atoms with Gasteiger partial charge in [0.1, 0.15) is 17.9 Å². The minimum atomic E-state index is -0.110. The molecule has 0 saturated carbocycles. The minimum absolute atomic E-state index is 0.0154. The van der Waals surface area contributed by atoms with Gasteiger partial charge in [-0.15, -0.1) is 0 Å². The van der Waals surface area contributed by atoms with E-state index in [-0.39, 0.29) is 17.4 Å². The van der Waals surface area contributed by atoms with Gasteiger partial charge in [-0.05, 0) is 19.1 Å². The quantitative estimate of drug-likeness (QED) is 0.808. The summed E-state index contributed by atoms with van der Waals surface area (Å²) in [6.07, 6.45) is 1.65. The Kier molecular flexibility index (Phi) is 4.43. The number of ether oxygens (including phenoxy) is 1. The zero-order chi connectivity index (χ0) is 16.4. The van der Waals surface area contributed by atoms with Crippen LogP contribution in [0.1, 0.15) is 24.2 Å². The average molecular weight is 316 g/mol. The summed E-state index contributed by atoms with van der Waals surface area (Å²) in [4.78, 5) is 29.8. The van der Waals surface area contributed by atoms with Gasteiger partial charge in [-0.2, -0.15) is 0 Å². The first-order valence-electron chi connectivity index (χ1n) is 7.98. The highest BCUT2D eigenvalue weighted by Crippen LogP contribution is 2.11. The predicted octanol–water partition coefficient (Wildman–Crippen LogP) is -0.0292. The summed E-state index contributed by atoms with van der Waals surface area (Å²) >= 11 is 0. The predicted molar refractivity (Wildman–Crippen MR) is 85.3 cm³/mol. The van der Waals surface area contributed by atoms with Gasteiger partial charge in [-0.25, -0.2) is 4.98 Å². The molecule has 0 bridgehead atoms. The molecule has 0 unspecified atom stereocenters. The number of likely N-dealkylation sites (tertiary alicyclic amines) is 1. The normalized spacial score (nSPS) is 21.3. The van der Waals surface area contributed by atoms with E-state index in [0.29, 0.717) is 12.2 Å². The second-order valence-electron chi connectivity index (χ2n) is 6.17. The third-order valence-corrected chi connectivity index (χ3v) is 4.59. The van der Waals surface area contributed by atoms with E-state index < -0.39 is 0 Å². The van der Waals surface area contributed by atoms with Gasteiger partial charge in [0, 0.05) is 24.6 Å². The van der Waals surface area contributed by atoms with Crippen molar-refractivity contribution >= 4 is 11.6 Å². The van der Waals surface area contributed by atoms with E-state index in [4.69, 9.17) is 4.74 Å². The molecule has 0 aromatic carbocycles. The highest BCUT2D eigenvalue weighted by molar-refractivity contribution is 5.72. The number of quaternary nitrogens is 1. The van der Waals surface area contributed by atoms with E-state index in [1.165, 1.54) is 12.0 Å². The standard InChI is InChI=1S/C17H21N3O3/c1-12-4-3-5-15-18-14(10-16(21)20(12)15)11-19-8-6-13(7-9-19)17(22)23-2/h3-5,10,13H,6-9,11H2,1-2H3/p+1. The number of piperidine rings is 1. The molecular weight excluding hydrogens is 294 g/mol. The van der Waals surface area contributed by atoms with Crippen LogP contribution in [0.25, 0.3) is 5.65 Å². The van der Waals surface area contributed by atoms with Gasteiger partial charge in [-0.3, -0.25) is 14.0 Å². The Morgan fingerprint density at radius 3 is 2.83 bits per heavy atom. The van der Waals surface area contributed by atoms with E-state index in [1.54, 1.807) is 10.5 Å². The molecule has 0 spiro atoms. The minimum Gasteiger partial charge on any atom is -0.469 e. The van der Waals surface area contributed by atoms with Crippen molar-refractivity contribution in [2.75, 3.05) is 20.2 Å². The van der Waals surface area contributed by atoms with E-state index in [9.17, 15) is 9.59 Å². The molecule has 1 saturated heterocycles. The second-order valence-corrected chi connectivity index (χ2v) is 6.17. The monoisotopic (exact) mass is 316 g/mol. The summed E-state index contributed by atoms with van der Waals surface area (Å²) in [6, 6.07) is 7.30. The first-order valence-corrected chi connectivity index (χ1v) is 7.98. The molecule has 3 rings (SSSR count). The van der Waals surface area contributed by atoms with Crippen molar-refractivity contribution in [1.82, 2.24) is 9.38 Å². The maximum Gasteiger partial charge on any atom is 0.309 e. The number of carbonyl (C=O) groups is 1. The number of fused-ring (bicyclic) bond motifs is 1. The highest BCUT2D eigenvalue weighted by atomic mass is 16.5. The number of hydrogen-bond donors (Lipinski definition) is 1. The van der Waals surface area contributed by atoms with Crippen LogP contribution in [0.3, 0.4) is 0 Å². The molecule has 0 radical (unpaired) electrons. The van der Waals surface area contributed by atoms with Crippen LogP contribution < -0.4 is 10.5 Å². The van der Waals surface area contributed by atoms with Crippen molar-refractivity contribution in [2.24, 2.45) is 5.92 Å². The van der Waals surface area contributed by atoms with Crippen LogP contribution in [0.5, 0.6) is 0 Å². The van der Waals surface area contributed by atoms with Crippen molar-refractivity contribution in [2.45, 2.75) is 26.3 Å². The zero-order valence-corrected chi connectivity index (χ0v) is 13.5. The summed E-state index contributed by atoms with van der Waals surface area (Å²) in [5.41, 5.74) is 2.35. The van der Waals surface area contributed by atoms with Crippen LogP contribution in [0.4, 0.5) is 0 Å². The lowest BCUT2D eigenvalue weighted by Gasteiger charge is -2.27. The van der Waals surface area contributed by atoms with E-state index in [1.807, 2.05) is 25.1 Å². The van der Waals surface area contributed by atoms with E-state index in [0.717, 1.165) is 37.3 Å². The molecule has 1 aliphatic rings. The molecule has 0 atom stereocenters. The fourth-order valence-electron chi connectivity index (χ4n) is 3.32. The Bertz CT molecular complexity index is 776. The van der Waals surface area contributed by atoms with Crippen molar-refractivity contribution in [3.63, 3.8) is 0 Å². The van der Waals surface area contributed by atoms with Crippen LogP contribution in [-0.4, -0.2) is 35.6 Å². The molecular formula is C17H22N3O3+. The molecule has 0 amide bonds. The molecule has 1 aliphatic heterocycles. The number of hydrogen-bond acceptors (Lipinski definition) is 4. The number of aromatic nitrogens is 2. The van der Waals surface area contributed by atoms with Crippen LogP contribution in [-0.2, 0) is 16.1 Å². The molecule has 122 valence electrons. The van der Waals surface area contributed by atoms with Crippen LogP contribution in [0.2, 0.25) is 0 Å². The van der Waals surface area contributed by atoms with Crippen LogP contribution >= 0.6 is 0 Å². The Hall–Kier alpha value is -2.21. The van der Waals surface area contributed by atoms with Crippen LogP contribution in [0, 0.1) is 12.8 Å². The van der Waals surface area contributed by atoms with Gasteiger partial charge >= 0.3 is 5.97 Å². The van der Waals surface area contributed by atoms with E-state index >= 15 is 0 Å². The first kappa shape index (κ1) is 15.7. The number of carbonyl (C=O) groups excluding carboxylic acids is 1. The second kappa shape index (κ2) is 6.50. The molecule has 0 aliphatic carbocycles. The summed E-state index contributed by atoms with van der Waals surface area (Å²) < 4.78 is 6.44. The smallest absolute Gasteiger partial charge is 0.309 e. The Labute approximate surface area is 134 Å². The third-order valence-electron chi connectivity index (χ3n) is 4.59. The first-order chi connectivity index (χ1) is 11.1. The number of nitrogens with one attached hydrogen (secondary N) is 1. The van der Waals surface area contributed by atoms with Crippen molar-refractivity contribution < 1.29 is 14.4 Å². The number of rotatable bonds is 3. The number of nitrogens with zero attached hydrogens (tertiary/aromatic N) is 2. The van der Waals surface area contributed by atoms with Gasteiger partial charge in [0.05, 0.1) is 26.1 Å². The lowest BCUT2D eigenvalue weighted by Crippen LogP contribution is -3.11. The number of pyridine rings is 1. The largest absolute Gasteiger partial charge is 0.469 e. The van der Waals surface area contributed by atoms with Crippen LogP contribution in [0.15, 0.2) is 29.1 Å². The molecule has 2 aromatic rings. The summed E-state index contributed by atoms with van der Waals surface area (Å²) in [5, 5.41) is 0. The fourth-order valence-corrected chi connectivity index (χ4v) is 3.32. The van der Waals surface area contributed by atoms with Gasteiger partial charge in [0.15, 0.2) is 0 Å². The van der Waals surface area contributed by atoms with Gasteiger partial charge in [0.2, 0.25) is 0 Å². The molecule has 2 aromatic heterocycles. The maximum atomic E-state index is 12.3. The zero-order valence-electron chi connectivity index (χ0n) is 13.5. The van der Waals surface area contributed by atoms with Gasteiger partial charge in [-0.1, -0.05) is 6.07 Å². The van der Waals surface area contributed by atoms with E-state index in [2.05, 4.69) is 4.98 Å².